The van der Waals surface area contributed by atoms with Crippen molar-refractivity contribution in [2.75, 3.05) is 5.32 Å². The van der Waals surface area contributed by atoms with Gasteiger partial charge in [0, 0.05) is 13.0 Å². The van der Waals surface area contributed by atoms with Crippen molar-refractivity contribution in [3.63, 3.8) is 0 Å². The van der Waals surface area contributed by atoms with E-state index in [9.17, 15) is 4.79 Å². The molecule has 7 heteroatoms. The fourth-order valence-corrected chi connectivity index (χ4v) is 4.68. The number of nitrogens with one attached hydrogen (secondary N) is 1. The third-order valence-electron chi connectivity index (χ3n) is 5.49. The van der Waals surface area contributed by atoms with Crippen LogP contribution < -0.4 is 10.1 Å². The molecule has 1 aliphatic carbocycles. The van der Waals surface area contributed by atoms with Crippen LogP contribution in [0.25, 0.3) is 15.8 Å². The smallest absolute Gasteiger partial charge is 0.223 e. The minimum absolute atomic E-state index is 0.147. The topological polar surface area (TPSA) is 77.0 Å². The van der Waals surface area contributed by atoms with Crippen molar-refractivity contribution >= 4 is 38.2 Å². The number of hydrogen-bond donors (Lipinski definition) is 1. The van der Waals surface area contributed by atoms with Crippen LogP contribution in [0.5, 0.6) is 11.6 Å². The molecular weight excluding hydrogens is 396 g/mol. The number of carbonyl (C=O) groups is 1. The molecule has 3 aromatic rings. The van der Waals surface area contributed by atoms with Crippen LogP contribution in [0.3, 0.4) is 0 Å². The van der Waals surface area contributed by atoms with Crippen molar-refractivity contribution in [2.45, 2.75) is 47.0 Å². The standard InChI is InChI=1S/C23H26N4O2S/c1-14(28)26-22-27-21-18(6-5-7-19(21)30-22)29-20-12-17(24-13-25-20)15-8-10-16(11-9-15)23(2,3)4/h5-8,12-13,16H,9-11H2,1-4H3,(H,26,27,28). The Balaban J connectivity index is 1.56. The van der Waals surface area contributed by atoms with E-state index in [1.54, 1.807) is 6.33 Å². The third-order valence-corrected chi connectivity index (χ3v) is 6.42. The van der Waals surface area contributed by atoms with Gasteiger partial charge in [0.05, 0.1) is 10.4 Å². The zero-order valence-electron chi connectivity index (χ0n) is 17.7. The second-order valence-corrected chi connectivity index (χ2v) is 9.74. The van der Waals surface area contributed by atoms with Gasteiger partial charge >= 0.3 is 0 Å². The minimum Gasteiger partial charge on any atom is -0.437 e. The van der Waals surface area contributed by atoms with Crippen LogP contribution in [0.2, 0.25) is 0 Å². The number of anilines is 1. The normalized spacial score (nSPS) is 16.9. The van der Waals surface area contributed by atoms with Crippen molar-refractivity contribution in [1.82, 2.24) is 15.0 Å². The van der Waals surface area contributed by atoms with Crippen molar-refractivity contribution in [3.05, 3.63) is 42.4 Å². The predicted molar refractivity (Wildman–Crippen MR) is 121 cm³/mol. The summed E-state index contributed by atoms with van der Waals surface area (Å²) in [5.74, 6) is 1.64. The van der Waals surface area contributed by atoms with Gasteiger partial charge in [-0.3, -0.25) is 4.79 Å². The molecule has 4 rings (SSSR count). The maximum atomic E-state index is 11.3. The Bertz CT molecular complexity index is 1110. The number of hydrogen-bond acceptors (Lipinski definition) is 6. The van der Waals surface area contributed by atoms with Gasteiger partial charge in [-0.05, 0) is 48.3 Å². The number of para-hydroxylation sites is 1. The number of fused-ring (bicyclic) bond motifs is 1. The summed E-state index contributed by atoms with van der Waals surface area (Å²) >= 11 is 1.41. The van der Waals surface area contributed by atoms with E-state index in [-0.39, 0.29) is 5.91 Å². The second-order valence-electron chi connectivity index (χ2n) is 8.71. The van der Waals surface area contributed by atoms with Crippen molar-refractivity contribution in [1.29, 1.82) is 0 Å². The van der Waals surface area contributed by atoms with E-state index in [4.69, 9.17) is 4.74 Å². The molecule has 0 fully saturated rings. The first kappa shape index (κ1) is 20.5. The molecule has 1 amide bonds. The van der Waals surface area contributed by atoms with Gasteiger partial charge in [-0.2, -0.15) is 0 Å². The summed E-state index contributed by atoms with van der Waals surface area (Å²) in [4.78, 5) is 24.6. The summed E-state index contributed by atoms with van der Waals surface area (Å²) in [7, 11) is 0. The lowest BCUT2D eigenvalue weighted by Gasteiger charge is -2.33. The van der Waals surface area contributed by atoms with E-state index in [1.165, 1.54) is 30.3 Å². The third kappa shape index (κ3) is 4.51. The van der Waals surface area contributed by atoms with Crippen LogP contribution in [0.15, 0.2) is 36.7 Å². The molecule has 2 heterocycles. The van der Waals surface area contributed by atoms with Gasteiger partial charge in [-0.1, -0.05) is 44.3 Å². The quantitative estimate of drug-likeness (QED) is 0.552. The molecule has 156 valence electrons. The highest BCUT2D eigenvalue weighted by Crippen LogP contribution is 2.40. The van der Waals surface area contributed by atoms with Crippen LogP contribution in [0.4, 0.5) is 5.13 Å². The number of thiazole rings is 1. The molecule has 1 N–H and O–H groups in total. The maximum absolute atomic E-state index is 11.3. The molecule has 30 heavy (non-hydrogen) atoms. The summed E-state index contributed by atoms with van der Waals surface area (Å²) in [6, 6.07) is 7.61. The van der Waals surface area contributed by atoms with Crippen molar-refractivity contribution in [2.24, 2.45) is 11.3 Å². The molecule has 0 bridgehead atoms. The van der Waals surface area contributed by atoms with Gasteiger partial charge in [-0.25, -0.2) is 15.0 Å². The Hall–Kier alpha value is -2.80. The highest BCUT2D eigenvalue weighted by Gasteiger charge is 2.26. The Morgan fingerprint density at radius 3 is 2.80 bits per heavy atom. The average molecular weight is 423 g/mol. The fraction of sp³-hybridized carbons (Fsp3) is 0.391. The number of aromatic nitrogens is 3. The molecule has 0 saturated carbocycles. The summed E-state index contributed by atoms with van der Waals surface area (Å²) in [5, 5.41) is 3.28. The van der Waals surface area contributed by atoms with Crippen LogP contribution in [-0.2, 0) is 4.79 Å². The maximum Gasteiger partial charge on any atom is 0.223 e. The first-order valence-corrected chi connectivity index (χ1v) is 11.0. The van der Waals surface area contributed by atoms with E-state index in [1.807, 2.05) is 24.3 Å². The number of amides is 1. The number of ether oxygens (including phenoxy) is 1. The van der Waals surface area contributed by atoms with Gasteiger partial charge in [0.1, 0.15) is 11.8 Å². The van der Waals surface area contributed by atoms with Crippen LogP contribution >= 0.6 is 11.3 Å². The van der Waals surface area contributed by atoms with Crippen molar-refractivity contribution in [3.8, 4) is 11.6 Å². The molecule has 1 unspecified atom stereocenters. The number of nitrogens with zero attached hydrogens (tertiary/aromatic N) is 3. The summed E-state index contributed by atoms with van der Waals surface area (Å²) in [6.45, 7) is 8.40. The monoisotopic (exact) mass is 422 g/mol. The number of carbonyl (C=O) groups excluding carboxylic acids is 1. The molecule has 1 aliphatic rings. The number of benzene rings is 1. The zero-order chi connectivity index (χ0) is 21.3. The van der Waals surface area contributed by atoms with Crippen molar-refractivity contribution < 1.29 is 9.53 Å². The van der Waals surface area contributed by atoms with E-state index < -0.39 is 0 Å². The van der Waals surface area contributed by atoms with Gasteiger partial charge in [-0.15, -0.1) is 0 Å². The zero-order valence-corrected chi connectivity index (χ0v) is 18.5. The summed E-state index contributed by atoms with van der Waals surface area (Å²) < 4.78 is 7.01. The highest BCUT2D eigenvalue weighted by atomic mass is 32.1. The number of allylic oxidation sites excluding steroid dienone is 2. The molecule has 0 radical (unpaired) electrons. The van der Waals surface area contributed by atoms with Gasteiger partial charge in [0.2, 0.25) is 11.8 Å². The van der Waals surface area contributed by atoms with Crippen LogP contribution in [-0.4, -0.2) is 20.9 Å². The average Bonchev–Trinajstić information content (AvgIpc) is 3.10. The van der Waals surface area contributed by atoms with E-state index in [0.717, 1.165) is 23.2 Å². The van der Waals surface area contributed by atoms with Gasteiger partial charge < -0.3 is 10.1 Å². The minimum atomic E-state index is -0.147. The van der Waals surface area contributed by atoms with Crippen LogP contribution in [0, 0.1) is 11.3 Å². The van der Waals surface area contributed by atoms with E-state index >= 15 is 0 Å². The molecule has 0 aliphatic heterocycles. The molecule has 2 aromatic heterocycles. The van der Waals surface area contributed by atoms with E-state index in [0.29, 0.717) is 33.6 Å². The molecule has 1 aromatic carbocycles. The number of rotatable bonds is 4. The molecule has 1 atom stereocenters. The van der Waals surface area contributed by atoms with Gasteiger partial charge in [0.15, 0.2) is 10.9 Å². The first-order chi connectivity index (χ1) is 14.3. The highest BCUT2D eigenvalue weighted by molar-refractivity contribution is 7.22. The second kappa shape index (κ2) is 8.14. The summed E-state index contributed by atoms with van der Waals surface area (Å²) in [6.07, 6.45) is 7.11. The Labute approximate surface area is 180 Å². The molecule has 6 nitrogen and oxygen atoms in total. The predicted octanol–water partition coefficient (Wildman–Crippen LogP) is 6.07. The van der Waals surface area contributed by atoms with Gasteiger partial charge in [0.25, 0.3) is 0 Å². The Morgan fingerprint density at radius 2 is 2.10 bits per heavy atom. The first-order valence-electron chi connectivity index (χ1n) is 10.2. The largest absolute Gasteiger partial charge is 0.437 e. The SMILES string of the molecule is CC(=O)Nc1nc2c(Oc3cc(C4=CCC(C(C)(C)C)CC4)ncn3)cccc2s1. The fourth-order valence-electron chi connectivity index (χ4n) is 3.75. The Morgan fingerprint density at radius 1 is 1.27 bits per heavy atom. The molecular formula is C23H26N4O2S. The van der Waals surface area contributed by atoms with Crippen LogP contribution in [0.1, 0.15) is 52.7 Å². The Kier molecular flexibility index (Phi) is 5.56. The lowest BCUT2D eigenvalue weighted by molar-refractivity contribution is -0.114. The lowest BCUT2D eigenvalue weighted by atomic mass is 9.73. The van der Waals surface area contributed by atoms with E-state index in [2.05, 4.69) is 47.1 Å². The lowest BCUT2D eigenvalue weighted by Crippen LogP contribution is -2.22. The molecule has 0 spiro atoms. The summed E-state index contributed by atoms with van der Waals surface area (Å²) in [5.41, 5.74) is 3.19. The molecule has 0 saturated heterocycles.